The molecule has 0 bridgehead atoms. The molecule has 1 aromatic heterocycles. The molecule has 3 nitrogen and oxygen atoms in total. The summed E-state index contributed by atoms with van der Waals surface area (Å²) in [4.78, 5) is 16.5. The van der Waals surface area contributed by atoms with Crippen LogP contribution in [0.5, 0.6) is 0 Å². The fourth-order valence-corrected chi connectivity index (χ4v) is 3.20. The van der Waals surface area contributed by atoms with Gasteiger partial charge in [-0.25, -0.2) is 9.37 Å². The van der Waals surface area contributed by atoms with Gasteiger partial charge in [0.25, 0.3) is 5.91 Å². The zero-order valence-electron chi connectivity index (χ0n) is 11.0. The molecule has 0 aliphatic heterocycles. The van der Waals surface area contributed by atoms with E-state index in [1.54, 1.807) is 17.4 Å². The van der Waals surface area contributed by atoms with Crippen molar-refractivity contribution in [3.63, 3.8) is 0 Å². The van der Waals surface area contributed by atoms with E-state index < -0.39 is 5.82 Å². The van der Waals surface area contributed by atoms with Gasteiger partial charge in [0.05, 0.1) is 19.7 Å². The number of thiazole rings is 1. The first-order valence-electron chi connectivity index (χ1n) is 6.16. The number of nitrogens with zero attached hydrogens (tertiary/aromatic N) is 1. The smallest absolute Gasteiger partial charge is 0.255 e. The topological polar surface area (TPSA) is 42.0 Å². The molecule has 21 heavy (non-hydrogen) atoms. The molecule has 1 N–H and O–H groups in total. The third kappa shape index (κ3) is 2.96. The Kier molecular flexibility index (Phi) is 3.73. The van der Waals surface area contributed by atoms with Gasteiger partial charge < -0.3 is 5.32 Å². The minimum atomic E-state index is -0.395. The highest BCUT2D eigenvalue weighted by Gasteiger charge is 2.10. The van der Waals surface area contributed by atoms with Gasteiger partial charge in [0, 0.05) is 11.3 Å². The maximum atomic E-state index is 13.2. The molecular weight excluding hydrogens is 355 g/mol. The minimum absolute atomic E-state index is 0.267. The number of aryl methyl sites for hydroxylation is 1. The second kappa shape index (κ2) is 5.54. The van der Waals surface area contributed by atoms with E-state index in [2.05, 4.69) is 26.2 Å². The number of amides is 1. The number of halogens is 2. The Morgan fingerprint density at radius 2 is 2.10 bits per heavy atom. The van der Waals surface area contributed by atoms with Crippen LogP contribution in [0.25, 0.3) is 10.2 Å². The van der Waals surface area contributed by atoms with Crippen molar-refractivity contribution in [2.75, 3.05) is 5.32 Å². The van der Waals surface area contributed by atoms with Crippen LogP contribution < -0.4 is 5.32 Å². The highest BCUT2D eigenvalue weighted by atomic mass is 79.9. The third-order valence-corrected chi connectivity index (χ3v) is 4.48. The van der Waals surface area contributed by atoms with Crippen LogP contribution in [0.15, 0.2) is 40.9 Å². The molecule has 0 saturated carbocycles. The van der Waals surface area contributed by atoms with Gasteiger partial charge in [0.15, 0.2) is 0 Å². The summed E-state index contributed by atoms with van der Waals surface area (Å²) < 4.78 is 14.5. The Hall–Kier alpha value is -1.79. The number of hydrogen-bond acceptors (Lipinski definition) is 3. The monoisotopic (exact) mass is 364 g/mol. The second-order valence-electron chi connectivity index (χ2n) is 4.50. The Labute approximate surface area is 133 Å². The fraction of sp³-hybridized carbons (Fsp3) is 0.0667. The predicted octanol–water partition coefficient (Wildman–Crippen LogP) is 4.76. The summed E-state index contributed by atoms with van der Waals surface area (Å²) >= 11 is 4.65. The van der Waals surface area contributed by atoms with E-state index in [-0.39, 0.29) is 10.4 Å². The lowest BCUT2D eigenvalue weighted by Crippen LogP contribution is -2.11. The summed E-state index contributed by atoms with van der Waals surface area (Å²) in [6.07, 6.45) is 0. The van der Waals surface area contributed by atoms with E-state index in [1.807, 2.05) is 19.1 Å². The van der Waals surface area contributed by atoms with Gasteiger partial charge in [-0.3, -0.25) is 4.79 Å². The molecule has 0 radical (unpaired) electrons. The van der Waals surface area contributed by atoms with Crippen molar-refractivity contribution >= 4 is 49.1 Å². The average Bonchev–Trinajstić information content (AvgIpc) is 2.81. The number of benzene rings is 2. The summed E-state index contributed by atoms with van der Waals surface area (Å²) in [5.74, 6) is -0.676. The molecule has 3 rings (SSSR count). The number of nitrogens with one attached hydrogen (secondary N) is 1. The summed E-state index contributed by atoms with van der Waals surface area (Å²) in [6.45, 7) is 1.94. The fourth-order valence-electron chi connectivity index (χ4n) is 1.96. The van der Waals surface area contributed by atoms with E-state index in [1.165, 1.54) is 18.2 Å². The molecule has 0 spiro atoms. The Morgan fingerprint density at radius 3 is 2.86 bits per heavy atom. The standard InChI is InChI=1S/C15H10BrFN2OS/c1-8-18-13-5-3-10(7-14(13)21-8)19-15(20)9-2-4-12(17)11(16)6-9/h2-7H,1H3,(H,19,20). The third-order valence-electron chi connectivity index (χ3n) is 2.94. The molecule has 0 fully saturated rings. The van der Waals surface area contributed by atoms with Crippen LogP contribution in [-0.4, -0.2) is 10.9 Å². The van der Waals surface area contributed by atoms with Crippen LogP contribution in [0.2, 0.25) is 0 Å². The average molecular weight is 365 g/mol. The molecule has 0 aliphatic rings. The van der Waals surface area contributed by atoms with Gasteiger partial charge in [-0.2, -0.15) is 0 Å². The normalized spacial score (nSPS) is 10.8. The lowest BCUT2D eigenvalue weighted by Gasteiger charge is -2.06. The predicted molar refractivity (Wildman–Crippen MR) is 86.4 cm³/mol. The molecular formula is C15H10BrFN2OS. The van der Waals surface area contributed by atoms with E-state index >= 15 is 0 Å². The number of carbonyl (C=O) groups excluding carboxylic acids is 1. The Bertz CT molecular complexity index is 847. The number of carbonyl (C=O) groups is 1. The lowest BCUT2D eigenvalue weighted by molar-refractivity contribution is 0.102. The molecule has 0 atom stereocenters. The first-order chi connectivity index (χ1) is 10.0. The molecule has 0 aliphatic carbocycles. The molecule has 3 aromatic rings. The van der Waals surface area contributed by atoms with Crippen LogP contribution in [0.3, 0.4) is 0 Å². The second-order valence-corrected chi connectivity index (χ2v) is 6.59. The van der Waals surface area contributed by atoms with Crippen molar-refractivity contribution in [3.8, 4) is 0 Å². The molecule has 2 aromatic carbocycles. The van der Waals surface area contributed by atoms with Crippen molar-refractivity contribution in [2.24, 2.45) is 0 Å². The van der Waals surface area contributed by atoms with Crippen LogP contribution in [0.4, 0.5) is 10.1 Å². The summed E-state index contributed by atoms with van der Waals surface area (Å²) in [5.41, 5.74) is 2.00. The number of rotatable bonds is 2. The van der Waals surface area contributed by atoms with Gasteiger partial charge >= 0.3 is 0 Å². The van der Waals surface area contributed by atoms with Crippen molar-refractivity contribution in [1.29, 1.82) is 0 Å². The SMILES string of the molecule is Cc1nc2ccc(NC(=O)c3ccc(F)c(Br)c3)cc2s1. The lowest BCUT2D eigenvalue weighted by atomic mass is 10.2. The first-order valence-corrected chi connectivity index (χ1v) is 7.77. The first kappa shape index (κ1) is 14.2. The van der Waals surface area contributed by atoms with Crippen LogP contribution in [-0.2, 0) is 0 Å². The largest absolute Gasteiger partial charge is 0.322 e. The number of fused-ring (bicyclic) bond motifs is 1. The highest BCUT2D eigenvalue weighted by Crippen LogP contribution is 2.25. The maximum absolute atomic E-state index is 13.2. The molecule has 1 amide bonds. The summed E-state index contributed by atoms with van der Waals surface area (Å²) in [7, 11) is 0. The molecule has 1 heterocycles. The number of hydrogen-bond donors (Lipinski definition) is 1. The van der Waals surface area contributed by atoms with Gasteiger partial charge in [0.1, 0.15) is 5.82 Å². The summed E-state index contributed by atoms with van der Waals surface area (Å²) in [5, 5.41) is 3.79. The molecule has 6 heteroatoms. The van der Waals surface area contributed by atoms with Crippen molar-refractivity contribution in [3.05, 3.63) is 57.3 Å². The quantitative estimate of drug-likeness (QED) is 0.712. The van der Waals surface area contributed by atoms with E-state index in [0.29, 0.717) is 11.3 Å². The van der Waals surface area contributed by atoms with E-state index in [4.69, 9.17) is 0 Å². The van der Waals surface area contributed by atoms with Crippen LogP contribution in [0.1, 0.15) is 15.4 Å². The van der Waals surface area contributed by atoms with Crippen LogP contribution >= 0.6 is 27.3 Å². The van der Waals surface area contributed by atoms with Crippen molar-refractivity contribution < 1.29 is 9.18 Å². The van der Waals surface area contributed by atoms with Crippen molar-refractivity contribution in [2.45, 2.75) is 6.92 Å². The minimum Gasteiger partial charge on any atom is -0.322 e. The van der Waals surface area contributed by atoms with Crippen molar-refractivity contribution in [1.82, 2.24) is 4.98 Å². The van der Waals surface area contributed by atoms with Crippen LogP contribution in [0, 0.1) is 12.7 Å². The maximum Gasteiger partial charge on any atom is 0.255 e. The molecule has 106 valence electrons. The van der Waals surface area contributed by atoms with Gasteiger partial charge in [-0.15, -0.1) is 11.3 Å². The van der Waals surface area contributed by atoms with Gasteiger partial charge in [-0.05, 0) is 59.3 Å². The highest BCUT2D eigenvalue weighted by molar-refractivity contribution is 9.10. The summed E-state index contributed by atoms with van der Waals surface area (Å²) in [6, 6.07) is 9.73. The Morgan fingerprint density at radius 1 is 1.29 bits per heavy atom. The molecule has 0 saturated heterocycles. The zero-order chi connectivity index (χ0) is 15.0. The van der Waals surface area contributed by atoms with E-state index in [0.717, 1.165) is 15.2 Å². The Balaban J connectivity index is 1.86. The number of aromatic nitrogens is 1. The van der Waals surface area contributed by atoms with Gasteiger partial charge in [-0.1, -0.05) is 0 Å². The van der Waals surface area contributed by atoms with E-state index in [9.17, 15) is 9.18 Å². The zero-order valence-corrected chi connectivity index (χ0v) is 13.4. The molecule has 0 unspecified atom stereocenters. The van der Waals surface area contributed by atoms with Gasteiger partial charge in [0.2, 0.25) is 0 Å². The number of anilines is 1.